The highest BCUT2D eigenvalue weighted by molar-refractivity contribution is 6.30. The molecule has 1 atom stereocenters. The van der Waals surface area contributed by atoms with Crippen LogP contribution in [-0.4, -0.2) is 39.1 Å². The Morgan fingerprint density at radius 1 is 1.39 bits per heavy atom. The van der Waals surface area contributed by atoms with Gasteiger partial charge >= 0.3 is 11.9 Å². The van der Waals surface area contributed by atoms with Gasteiger partial charge in [0.15, 0.2) is 0 Å². The van der Waals surface area contributed by atoms with E-state index in [1.807, 2.05) is 0 Å². The molecule has 1 heterocycles. The van der Waals surface area contributed by atoms with Crippen molar-refractivity contribution in [1.82, 2.24) is 10.3 Å². The van der Waals surface area contributed by atoms with Gasteiger partial charge in [-0.15, -0.1) is 0 Å². The summed E-state index contributed by atoms with van der Waals surface area (Å²) in [5, 5.41) is 19.6. The van der Waals surface area contributed by atoms with Gasteiger partial charge in [0.1, 0.15) is 11.7 Å². The number of rotatable bonds is 5. The van der Waals surface area contributed by atoms with Crippen molar-refractivity contribution in [3.05, 3.63) is 29.0 Å². The van der Waals surface area contributed by atoms with E-state index in [-0.39, 0.29) is 10.7 Å². The SMILES string of the molecule is O=C(O)C[C@@H](NC(=O)c1cc(Cl)ccn1)C(=O)O. The summed E-state index contributed by atoms with van der Waals surface area (Å²) >= 11 is 5.64. The molecule has 0 saturated heterocycles. The Kier molecular flexibility index (Phi) is 4.61. The number of carbonyl (C=O) groups is 3. The van der Waals surface area contributed by atoms with Crippen molar-refractivity contribution in [3.8, 4) is 0 Å². The van der Waals surface area contributed by atoms with Gasteiger partial charge in [-0.2, -0.15) is 0 Å². The molecular formula is C10H9ClN2O5. The van der Waals surface area contributed by atoms with Crippen molar-refractivity contribution < 1.29 is 24.6 Å². The molecule has 0 unspecified atom stereocenters. The maximum Gasteiger partial charge on any atom is 0.326 e. The normalized spacial score (nSPS) is 11.6. The van der Waals surface area contributed by atoms with Crippen LogP contribution in [-0.2, 0) is 9.59 Å². The summed E-state index contributed by atoms with van der Waals surface area (Å²) in [6, 6.07) is 1.18. The third-order valence-corrected chi connectivity index (χ3v) is 2.17. The predicted molar refractivity (Wildman–Crippen MR) is 60.4 cm³/mol. The highest BCUT2D eigenvalue weighted by atomic mass is 35.5. The molecule has 0 saturated carbocycles. The quantitative estimate of drug-likeness (QED) is 0.714. The molecule has 0 fully saturated rings. The first-order chi connectivity index (χ1) is 8.40. The van der Waals surface area contributed by atoms with Crippen molar-refractivity contribution in [1.29, 1.82) is 0 Å². The lowest BCUT2D eigenvalue weighted by atomic mass is 10.2. The third kappa shape index (κ3) is 4.02. The van der Waals surface area contributed by atoms with E-state index in [0.717, 1.165) is 0 Å². The molecule has 3 N–H and O–H groups in total. The van der Waals surface area contributed by atoms with Crippen LogP contribution in [0.25, 0.3) is 0 Å². The summed E-state index contributed by atoms with van der Waals surface area (Å²) in [6.45, 7) is 0. The molecule has 8 heteroatoms. The van der Waals surface area contributed by atoms with Crippen LogP contribution >= 0.6 is 11.6 Å². The fraction of sp³-hybridized carbons (Fsp3) is 0.200. The second kappa shape index (κ2) is 5.97. The van der Waals surface area contributed by atoms with E-state index in [9.17, 15) is 14.4 Å². The molecule has 0 aliphatic heterocycles. The molecule has 0 aliphatic rings. The molecule has 0 bridgehead atoms. The van der Waals surface area contributed by atoms with Crippen LogP contribution in [0.3, 0.4) is 0 Å². The Balaban J connectivity index is 2.78. The molecule has 0 aliphatic carbocycles. The molecule has 1 aromatic rings. The number of carbonyl (C=O) groups excluding carboxylic acids is 1. The second-order valence-corrected chi connectivity index (χ2v) is 3.76. The van der Waals surface area contributed by atoms with Gasteiger partial charge < -0.3 is 15.5 Å². The van der Waals surface area contributed by atoms with E-state index in [0.29, 0.717) is 0 Å². The predicted octanol–water partition coefficient (Wildman–Crippen LogP) is 0.393. The van der Waals surface area contributed by atoms with Crippen LogP contribution in [0.4, 0.5) is 0 Å². The summed E-state index contributed by atoms with van der Waals surface area (Å²) in [7, 11) is 0. The largest absolute Gasteiger partial charge is 0.481 e. The molecule has 1 rings (SSSR count). The average molecular weight is 273 g/mol. The molecule has 7 nitrogen and oxygen atoms in total. The van der Waals surface area contributed by atoms with Crippen LogP contribution in [0.2, 0.25) is 5.02 Å². The molecule has 1 aromatic heterocycles. The summed E-state index contributed by atoms with van der Waals surface area (Å²) in [5.74, 6) is -3.57. The zero-order chi connectivity index (χ0) is 13.7. The van der Waals surface area contributed by atoms with Crippen molar-refractivity contribution in [3.63, 3.8) is 0 Å². The van der Waals surface area contributed by atoms with Crippen LogP contribution in [0.5, 0.6) is 0 Å². The van der Waals surface area contributed by atoms with E-state index in [2.05, 4.69) is 10.3 Å². The first-order valence-electron chi connectivity index (χ1n) is 4.77. The Hall–Kier alpha value is -2.15. The molecule has 1 amide bonds. The van der Waals surface area contributed by atoms with E-state index < -0.39 is 30.3 Å². The van der Waals surface area contributed by atoms with E-state index in [4.69, 9.17) is 21.8 Å². The number of aliphatic carboxylic acids is 2. The zero-order valence-electron chi connectivity index (χ0n) is 8.96. The molecule has 0 spiro atoms. The lowest BCUT2D eigenvalue weighted by Gasteiger charge is -2.11. The van der Waals surface area contributed by atoms with E-state index in [1.54, 1.807) is 0 Å². The molecule has 0 radical (unpaired) electrons. The monoisotopic (exact) mass is 272 g/mol. The van der Waals surface area contributed by atoms with Gasteiger partial charge in [0.2, 0.25) is 0 Å². The summed E-state index contributed by atoms with van der Waals surface area (Å²) in [4.78, 5) is 36.5. The highest BCUT2D eigenvalue weighted by Crippen LogP contribution is 2.08. The lowest BCUT2D eigenvalue weighted by Crippen LogP contribution is -2.42. The van der Waals surface area contributed by atoms with Gasteiger partial charge in [-0.3, -0.25) is 14.6 Å². The lowest BCUT2D eigenvalue weighted by molar-refractivity contribution is -0.145. The van der Waals surface area contributed by atoms with Gasteiger partial charge in [-0.1, -0.05) is 11.6 Å². The Morgan fingerprint density at radius 2 is 2.06 bits per heavy atom. The Labute approximate surface area is 106 Å². The number of aromatic nitrogens is 1. The number of pyridine rings is 1. The van der Waals surface area contributed by atoms with Crippen molar-refractivity contribution in [2.75, 3.05) is 0 Å². The summed E-state index contributed by atoms with van der Waals surface area (Å²) in [6.07, 6.45) is 0.561. The van der Waals surface area contributed by atoms with Crippen LogP contribution in [0.1, 0.15) is 16.9 Å². The van der Waals surface area contributed by atoms with Crippen LogP contribution < -0.4 is 5.32 Å². The fourth-order valence-corrected chi connectivity index (χ4v) is 1.30. The number of nitrogens with one attached hydrogen (secondary N) is 1. The van der Waals surface area contributed by atoms with Crippen molar-refractivity contribution in [2.24, 2.45) is 0 Å². The minimum absolute atomic E-state index is 0.0841. The fourth-order valence-electron chi connectivity index (χ4n) is 1.14. The average Bonchev–Trinajstić information content (AvgIpc) is 2.27. The van der Waals surface area contributed by atoms with Crippen LogP contribution in [0, 0.1) is 0 Å². The molecule has 18 heavy (non-hydrogen) atoms. The van der Waals surface area contributed by atoms with Crippen molar-refractivity contribution >= 4 is 29.4 Å². The number of carboxylic acid groups (broad SMARTS) is 2. The molecular weight excluding hydrogens is 264 g/mol. The van der Waals surface area contributed by atoms with Crippen LogP contribution in [0.15, 0.2) is 18.3 Å². The maximum absolute atomic E-state index is 11.6. The number of nitrogens with zero attached hydrogens (tertiary/aromatic N) is 1. The van der Waals surface area contributed by atoms with Gasteiger partial charge in [-0.25, -0.2) is 4.79 Å². The minimum Gasteiger partial charge on any atom is -0.481 e. The molecule has 96 valence electrons. The number of hydrogen-bond acceptors (Lipinski definition) is 4. The van der Waals surface area contributed by atoms with Gasteiger partial charge in [0, 0.05) is 11.2 Å². The number of hydrogen-bond donors (Lipinski definition) is 3. The van der Waals surface area contributed by atoms with E-state index >= 15 is 0 Å². The number of halogens is 1. The van der Waals surface area contributed by atoms with Gasteiger partial charge in [0.25, 0.3) is 5.91 Å². The maximum atomic E-state index is 11.6. The first-order valence-corrected chi connectivity index (χ1v) is 5.15. The molecule has 0 aromatic carbocycles. The highest BCUT2D eigenvalue weighted by Gasteiger charge is 2.24. The van der Waals surface area contributed by atoms with Gasteiger partial charge in [0.05, 0.1) is 6.42 Å². The smallest absolute Gasteiger partial charge is 0.326 e. The Morgan fingerprint density at radius 3 is 2.56 bits per heavy atom. The summed E-state index contributed by atoms with van der Waals surface area (Å²) in [5.41, 5.74) is -0.0841. The van der Waals surface area contributed by atoms with E-state index in [1.165, 1.54) is 18.3 Å². The first kappa shape index (κ1) is 13.9. The number of carboxylic acids is 2. The second-order valence-electron chi connectivity index (χ2n) is 3.32. The summed E-state index contributed by atoms with van der Waals surface area (Å²) < 4.78 is 0. The Bertz CT molecular complexity index is 491. The zero-order valence-corrected chi connectivity index (χ0v) is 9.72. The standard InChI is InChI=1S/C10H9ClN2O5/c11-5-1-2-12-6(3-5)9(16)13-7(10(17)18)4-8(14)15/h1-3,7H,4H2,(H,13,16)(H,14,15)(H,17,18)/t7-/m1/s1. The third-order valence-electron chi connectivity index (χ3n) is 1.94. The number of amides is 1. The minimum atomic E-state index is -1.52. The van der Waals surface area contributed by atoms with Crippen molar-refractivity contribution in [2.45, 2.75) is 12.5 Å². The van der Waals surface area contributed by atoms with Gasteiger partial charge in [-0.05, 0) is 12.1 Å². The topological polar surface area (TPSA) is 117 Å².